The lowest BCUT2D eigenvalue weighted by atomic mass is 10.0. The predicted molar refractivity (Wildman–Crippen MR) is 266 cm³/mol. The Balaban J connectivity index is 4.27. The van der Waals surface area contributed by atoms with E-state index in [2.05, 4.69) is 27.7 Å². The maximum absolute atomic E-state index is 12.8. The molecule has 0 radical (unpaired) electrons. The minimum Gasteiger partial charge on any atom is -0.462 e. The minimum atomic E-state index is -0.761. The van der Waals surface area contributed by atoms with Crippen molar-refractivity contribution in [2.75, 3.05) is 13.2 Å². The van der Waals surface area contributed by atoms with Crippen molar-refractivity contribution in [2.24, 2.45) is 5.92 Å². The van der Waals surface area contributed by atoms with E-state index < -0.39 is 6.10 Å². The summed E-state index contributed by atoms with van der Waals surface area (Å²) in [4.78, 5) is 38.0. The zero-order valence-electron chi connectivity index (χ0n) is 42.3. The van der Waals surface area contributed by atoms with Gasteiger partial charge < -0.3 is 14.2 Å². The first-order chi connectivity index (χ1) is 30.4. The topological polar surface area (TPSA) is 78.9 Å². The highest BCUT2D eigenvalue weighted by atomic mass is 16.6. The van der Waals surface area contributed by atoms with Gasteiger partial charge in [0.25, 0.3) is 0 Å². The van der Waals surface area contributed by atoms with Gasteiger partial charge in [0.2, 0.25) is 0 Å². The fraction of sp³-hybridized carbons (Fsp3) is 0.946. The summed E-state index contributed by atoms with van der Waals surface area (Å²) < 4.78 is 16.8. The lowest BCUT2D eigenvalue weighted by Crippen LogP contribution is -2.30. The van der Waals surface area contributed by atoms with Crippen LogP contribution in [-0.2, 0) is 28.6 Å². The molecule has 0 aliphatic rings. The zero-order valence-corrected chi connectivity index (χ0v) is 42.3. The third kappa shape index (κ3) is 49.4. The fourth-order valence-corrected chi connectivity index (χ4v) is 8.57. The summed E-state index contributed by atoms with van der Waals surface area (Å²) in [6.45, 7) is 9.03. The fourth-order valence-electron chi connectivity index (χ4n) is 8.57. The number of esters is 3. The number of hydrogen-bond donors (Lipinski definition) is 0. The Kier molecular flexibility index (Phi) is 49.1. The highest BCUT2D eigenvalue weighted by Crippen LogP contribution is 2.18. The van der Waals surface area contributed by atoms with Crippen LogP contribution in [0.5, 0.6) is 0 Å². The van der Waals surface area contributed by atoms with Crippen molar-refractivity contribution in [1.29, 1.82) is 0 Å². The molecule has 0 saturated heterocycles. The molecule has 0 amide bonds. The molecule has 0 heterocycles. The van der Waals surface area contributed by atoms with Gasteiger partial charge in [0.15, 0.2) is 6.10 Å². The van der Waals surface area contributed by atoms with E-state index >= 15 is 0 Å². The molecule has 6 heteroatoms. The van der Waals surface area contributed by atoms with E-state index in [1.54, 1.807) is 0 Å². The van der Waals surface area contributed by atoms with E-state index in [0.29, 0.717) is 19.3 Å². The van der Waals surface area contributed by atoms with Crippen molar-refractivity contribution in [1.82, 2.24) is 0 Å². The first-order valence-electron chi connectivity index (χ1n) is 27.9. The molecule has 0 saturated carbocycles. The van der Waals surface area contributed by atoms with Gasteiger partial charge in [0, 0.05) is 19.3 Å². The van der Waals surface area contributed by atoms with Gasteiger partial charge in [-0.05, 0) is 25.2 Å². The second kappa shape index (κ2) is 50.4. The van der Waals surface area contributed by atoms with Gasteiger partial charge >= 0.3 is 17.9 Å². The number of unbranched alkanes of at least 4 members (excludes halogenated alkanes) is 38. The van der Waals surface area contributed by atoms with Gasteiger partial charge in [-0.2, -0.15) is 0 Å². The standard InChI is InChI=1S/C56H108O6/c1-5-7-9-11-13-15-17-19-20-21-22-23-24-25-27-33-37-41-45-49-56(59)62-53(50-60-54(57)47-43-39-35-31-26-18-16-14-12-10-8-6-2)51-61-55(58)48-44-40-36-32-29-28-30-34-38-42-46-52(3)4/h52-53H,5-51H2,1-4H3/t53-/m0/s1. The van der Waals surface area contributed by atoms with Crippen LogP contribution in [0.1, 0.15) is 317 Å². The van der Waals surface area contributed by atoms with Gasteiger partial charge in [-0.1, -0.05) is 278 Å². The Morgan fingerprint density at radius 1 is 0.306 bits per heavy atom. The first-order valence-corrected chi connectivity index (χ1v) is 27.9. The number of carbonyl (C=O) groups excluding carboxylic acids is 3. The van der Waals surface area contributed by atoms with E-state index in [9.17, 15) is 14.4 Å². The third-order valence-corrected chi connectivity index (χ3v) is 12.8. The van der Waals surface area contributed by atoms with Crippen molar-refractivity contribution in [3.05, 3.63) is 0 Å². The Morgan fingerprint density at radius 3 is 0.790 bits per heavy atom. The summed E-state index contributed by atoms with van der Waals surface area (Å²) in [6.07, 6.45) is 53.8. The summed E-state index contributed by atoms with van der Waals surface area (Å²) in [5.74, 6) is -0.0216. The molecule has 6 nitrogen and oxygen atoms in total. The van der Waals surface area contributed by atoms with Gasteiger partial charge in [0.05, 0.1) is 0 Å². The number of rotatable bonds is 51. The Labute approximate surface area is 387 Å². The van der Waals surface area contributed by atoms with Gasteiger partial charge in [0.1, 0.15) is 13.2 Å². The van der Waals surface area contributed by atoms with E-state index in [1.807, 2.05) is 0 Å². The molecule has 0 fully saturated rings. The molecule has 0 spiro atoms. The van der Waals surface area contributed by atoms with Crippen LogP contribution in [0.15, 0.2) is 0 Å². The summed E-state index contributed by atoms with van der Waals surface area (Å²) >= 11 is 0. The molecular formula is C56H108O6. The summed E-state index contributed by atoms with van der Waals surface area (Å²) in [6, 6.07) is 0. The molecule has 0 aromatic rings. The SMILES string of the molecule is CCCCCCCCCCCCCCCCCCCCCC(=O)O[C@@H](COC(=O)CCCCCCCCCCCCCC)COC(=O)CCCCCCCCCCCCC(C)C. The van der Waals surface area contributed by atoms with Crippen LogP contribution in [0.3, 0.4) is 0 Å². The molecule has 368 valence electrons. The normalized spacial score (nSPS) is 12.0. The maximum atomic E-state index is 12.8. The molecule has 0 rings (SSSR count). The quantitative estimate of drug-likeness (QED) is 0.0344. The van der Waals surface area contributed by atoms with E-state index in [-0.39, 0.29) is 31.1 Å². The zero-order chi connectivity index (χ0) is 45.2. The van der Waals surface area contributed by atoms with Crippen LogP contribution in [0.2, 0.25) is 0 Å². The molecule has 0 aromatic carbocycles. The van der Waals surface area contributed by atoms with Gasteiger partial charge in [-0.25, -0.2) is 0 Å². The predicted octanol–water partition coefficient (Wildman–Crippen LogP) is 18.2. The van der Waals surface area contributed by atoms with Crippen LogP contribution >= 0.6 is 0 Å². The van der Waals surface area contributed by atoms with Crippen molar-refractivity contribution in [2.45, 2.75) is 323 Å². The number of hydrogen-bond acceptors (Lipinski definition) is 6. The van der Waals surface area contributed by atoms with Crippen LogP contribution in [0, 0.1) is 5.92 Å². The summed E-state index contributed by atoms with van der Waals surface area (Å²) in [5.41, 5.74) is 0. The van der Waals surface area contributed by atoms with Gasteiger partial charge in [-0.15, -0.1) is 0 Å². The van der Waals surface area contributed by atoms with Gasteiger partial charge in [-0.3, -0.25) is 14.4 Å². The Morgan fingerprint density at radius 2 is 0.532 bits per heavy atom. The maximum Gasteiger partial charge on any atom is 0.306 e. The largest absolute Gasteiger partial charge is 0.462 e. The lowest BCUT2D eigenvalue weighted by Gasteiger charge is -2.18. The minimum absolute atomic E-state index is 0.0625. The second-order valence-electron chi connectivity index (χ2n) is 19.7. The van der Waals surface area contributed by atoms with Crippen LogP contribution in [0.4, 0.5) is 0 Å². The van der Waals surface area contributed by atoms with Crippen LogP contribution < -0.4 is 0 Å². The summed E-state index contributed by atoms with van der Waals surface area (Å²) in [7, 11) is 0. The van der Waals surface area contributed by atoms with E-state index in [0.717, 1.165) is 63.7 Å². The van der Waals surface area contributed by atoms with Crippen molar-refractivity contribution in [3.8, 4) is 0 Å². The average molecular weight is 877 g/mol. The highest BCUT2D eigenvalue weighted by Gasteiger charge is 2.19. The van der Waals surface area contributed by atoms with Crippen molar-refractivity contribution >= 4 is 17.9 Å². The molecule has 0 aromatic heterocycles. The average Bonchev–Trinajstić information content (AvgIpc) is 3.26. The van der Waals surface area contributed by atoms with Crippen LogP contribution in [0.25, 0.3) is 0 Å². The smallest absolute Gasteiger partial charge is 0.306 e. The molecule has 1 atom stereocenters. The molecule has 62 heavy (non-hydrogen) atoms. The molecule has 0 aliphatic heterocycles. The summed E-state index contributed by atoms with van der Waals surface area (Å²) in [5, 5.41) is 0. The Bertz CT molecular complexity index is 933. The second-order valence-corrected chi connectivity index (χ2v) is 19.7. The van der Waals surface area contributed by atoms with E-state index in [1.165, 1.54) is 212 Å². The molecule has 0 aliphatic carbocycles. The van der Waals surface area contributed by atoms with E-state index in [4.69, 9.17) is 14.2 Å². The molecular weight excluding hydrogens is 769 g/mol. The first kappa shape index (κ1) is 60.4. The Hall–Kier alpha value is -1.59. The third-order valence-electron chi connectivity index (χ3n) is 12.8. The molecule has 0 bridgehead atoms. The number of carbonyl (C=O) groups is 3. The number of ether oxygens (including phenoxy) is 3. The monoisotopic (exact) mass is 877 g/mol. The molecule has 0 N–H and O–H groups in total. The van der Waals surface area contributed by atoms with Crippen molar-refractivity contribution in [3.63, 3.8) is 0 Å². The lowest BCUT2D eigenvalue weighted by molar-refractivity contribution is -0.167. The highest BCUT2D eigenvalue weighted by molar-refractivity contribution is 5.71. The van der Waals surface area contributed by atoms with Crippen molar-refractivity contribution < 1.29 is 28.6 Å². The van der Waals surface area contributed by atoms with Crippen LogP contribution in [-0.4, -0.2) is 37.2 Å². The molecule has 0 unspecified atom stereocenters.